The van der Waals surface area contributed by atoms with E-state index in [1.807, 2.05) is 0 Å². The molecule has 0 aliphatic heterocycles. The number of hydrogen-bond acceptors (Lipinski definition) is 7. The number of hydrogen-bond donors (Lipinski definition) is 0. The van der Waals surface area contributed by atoms with E-state index >= 15 is 0 Å². The van der Waals surface area contributed by atoms with Crippen LogP contribution < -0.4 is 4.74 Å². The number of fused-ring (bicyclic) bond motifs is 1. The molecule has 0 saturated heterocycles. The summed E-state index contributed by atoms with van der Waals surface area (Å²) in [6, 6.07) is 4.14. The summed E-state index contributed by atoms with van der Waals surface area (Å²) < 4.78 is 68.8. The van der Waals surface area contributed by atoms with E-state index in [2.05, 4.69) is 45.6 Å². The minimum absolute atomic E-state index is 0.00762. The molecule has 4 heterocycles. The van der Waals surface area contributed by atoms with Gasteiger partial charge in [0.25, 0.3) is 0 Å². The largest absolute Gasteiger partial charge is 0.472 e. The summed E-state index contributed by atoms with van der Waals surface area (Å²) in [7, 11) is -1.29. The number of aryl methyl sites for hydroxylation is 1. The number of imidazole rings is 1. The molecule has 0 bridgehead atoms. The Kier molecular flexibility index (Phi) is 8.48. The van der Waals surface area contributed by atoms with E-state index in [-0.39, 0.29) is 53.7 Å². The van der Waals surface area contributed by atoms with E-state index in [1.165, 1.54) is 10.8 Å². The van der Waals surface area contributed by atoms with Crippen molar-refractivity contribution in [3.63, 3.8) is 0 Å². The highest BCUT2D eigenvalue weighted by Crippen LogP contribution is 2.32. The summed E-state index contributed by atoms with van der Waals surface area (Å²) in [5.41, 5.74) is -0.619. The molecule has 0 unspecified atom stereocenters. The molecular weight excluding hydrogens is 570 g/mol. The average Bonchev–Trinajstić information content (AvgIpc) is 3.46. The maximum Gasteiger partial charge on any atom is 0.434 e. The van der Waals surface area contributed by atoms with E-state index in [9.17, 15) is 22.8 Å². The normalized spacial score (nSPS) is 12.2. The molecule has 4 aromatic rings. The fourth-order valence-corrected chi connectivity index (χ4v) is 4.73. The van der Waals surface area contributed by atoms with Gasteiger partial charge in [0, 0.05) is 45.4 Å². The van der Waals surface area contributed by atoms with E-state index in [1.54, 1.807) is 17.7 Å². The number of aromatic nitrogens is 6. The average molecular weight is 596 g/mol. The van der Waals surface area contributed by atoms with Crippen LogP contribution in [0.5, 0.6) is 5.88 Å². The van der Waals surface area contributed by atoms with Crippen molar-refractivity contribution in [1.29, 1.82) is 5.26 Å². The summed E-state index contributed by atoms with van der Waals surface area (Å²) in [5, 5.41) is 9.89. The first-order valence-electron chi connectivity index (χ1n) is 12.3. The zero-order valence-electron chi connectivity index (χ0n) is 22.2. The van der Waals surface area contributed by atoms with Crippen molar-refractivity contribution in [3.05, 3.63) is 52.6 Å². The lowest BCUT2D eigenvalue weighted by molar-refractivity contribution is -0.140. The first-order chi connectivity index (χ1) is 18.8. The van der Waals surface area contributed by atoms with Crippen molar-refractivity contribution in [2.75, 3.05) is 6.61 Å². The Labute approximate surface area is 233 Å². The van der Waals surface area contributed by atoms with Crippen molar-refractivity contribution in [1.82, 2.24) is 29.1 Å². The van der Waals surface area contributed by atoms with Crippen LogP contribution in [0.15, 0.2) is 24.7 Å². The summed E-state index contributed by atoms with van der Waals surface area (Å²) in [6.45, 7) is 8.96. The Balaban J connectivity index is 1.57. The quantitative estimate of drug-likeness (QED) is 0.0919. The van der Waals surface area contributed by atoms with Gasteiger partial charge in [-0.25, -0.2) is 14.4 Å². The first kappa shape index (κ1) is 29.4. The van der Waals surface area contributed by atoms with Crippen LogP contribution in [-0.2, 0) is 30.8 Å². The van der Waals surface area contributed by atoms with Gasteiger partial charge in [0.05, 0.1) is 10.9 Å². The molecule has 9 nitrogen and oxygen atoms in total. The maximum absolute atomic E-state index is 15.0. The predicted octanol–water partition coefficient (Wildman–Crippen LogP) is 6.28. The zero-order chi connectivity index (χ0) is 29.2. The molecule has 0 aliphatic carbocycles. The smallest absolute Gasteiger partial charge is 0.434 e. The number of rotatable bonds is 10. The molecule has 0 fully saturated rings. The number of halogens is 5. The van der Waals surface area contributed by atoms with Gasteiger partial charge >= 0.3 is 6.18 Å². The van der Waals surface area contributed by atoms with Crippen molar-refractivity contribution < 1.29 is 27.0 Å². The van der Waals surface area contributed by atoms with E-state index in [0.717, 1.165) is 18.3 Å². The lowest BCUT2D eigenvalue weighted by atomic mass is 10.2. The highest BCUT2D eigenvalue weighted by Gasteiger charge is 2.35. The number of nitrogens with zero attached hydrogens (tertiary/aromatic N) is 7. The maximum atomic E-state index is 15.0. The second-order valence-corrected chi connectivity index (χ2v) is 16.1. The number of ether oxygens (including phenoxy) is 2. The van der Waals surface area contributed by atoms with Gasteiger partial charge in [-0.15, -0.1) is 0 Å². The standard InChI is InChI=1S/C25H26ClF4N7O2Si/c1-5-36-12-18(25(28,29)30)33-22(36)20-17(27)8-15(10-32-20)13-39-23-19-16(9-31)11-37(21(19)34-24(26)35-23)14-38-6-7-40(2,3)4/h8,10-12H,5-7,13-14H2,1-4H3. The van der Waals surface area contributed by atoms with Gasteiger partial charge in [-0.05, 0) is 30.6 Å². The van der Waals surface area contributed by atoms with Crippen LogP contribution in [0.4, 0.5) is 17.6 Å². The Morgan fingerprint density at radius 1 is 1.12 bits per heavy atom. The Hall–Kier alpha value is -3.54. The molecule has 4 rings (SSSR count). The molecule has 0 aliphatic rings. The van der Waals surface area contributed by atoms with Gasteiger partial charge in [0.1, 0.15) is 25.1 Å². The topological polar surface area (TPSA) is 104 Å². The Morgan fingerprint density at radius 3 is 2.50 bits per heavy atom. The van der Waals surface area contributed by atoms with Gasteiger partial charge < -0.3 is 18.6 Å². The fourth-order valence-electron chi connectivity index (χ4n) is 3.81. The van der Waals surface area contributed by atoms with Crippen LogP contribution in [0.1, 0.15) is 23.7 Å². The molecule has 0 radical (unpaired) electrons. The van der Waals surface area contributed by atoms with Gasteiger partial charge in [-0.1, -0.05) is 19.6 Å². The molecule has 0 N–H and O–H groups in total. The zero-order valence-corrected chi connectivity index (χ0v) is 23.9. The van der Waals surface area contributed by atoms with Crippen LogP contribution >= 0.6 is 11.6 Å². The summed E-state index contributed by atoms with van der Waals surface area (Å²) in [4.78, 5) is 15.9. The highest BCUT2D eigenvalue weighted by atomic mass is 35.5. The molecule has 40 heavy (non-hydrogen) atoms. The van der Waals surface area contributed by atoms with Gasteiger partial charge in [0.15, 0.2) is 23.0 Å². The lowest BCUT2D eigenvalue weighted by Crippen LogP contribution is -2.22. The molecule has 0 spiro atoms. The van der Waals surface area contributed by atoms with Crippen LogP contribution in [0.25, 0.3) is 22.6 Å². The minimum Gasteiger partial charge on any atom is -0.472 e. The Bertz CT molecular complexity index is 1570. The minimum atomic E-state index is -4.68. The predicted molar refractivity (Wildman–Crippen MR) is 142 cm³/mol. The number of pyridine rings is 1. The molecule has 15 heteroatoms. The SMILES string of the molecule is CCn1cc(C(F)(F)F)nc1-c1ncc(COc2nc(Cl)nc3c2c(C#N)cn3COCC[Si](C)(C)C)cc1F. The molecule has 4 aromatic heterocycles. The molecule has 0 atom stereocenters. The second kappa shape index (κ2) is 11.5. The number of nitriles is 1. The monoisotopic (exact) mass is 595 g/mol. The Morgan fingerprint density at radius 2 is 1.88 bits per heavy atom. The van der Waals surface area contributed by atoms with Crippen LogP contribution in [0, 0.1) is 17.1 Å². The van der Waals surface area contributed by atoms with E-state index < -0.39 is 25.8 Å². The number of alkyl halides is 3. The van der Waals surface area contributed by atoms with Crippen molar-refractivity contribution in [3.8, 4) is 23.5 Å². The van der Waals surface area contributed by atoms with Crippen LogP contribution in [0.3, 0.4) is 0 Å². The van der Waals surface area contributed by atoms with Gasteiger partial charge in [-0.3, -0.25) is 0 Å². The lowest BCUT2D eigenvalue weighted by Gasteiger charge is -2.15. The highest BCUT2D eigenvalue weighted by molar-refractivity contribution is 6.76. The summed E-state index contributed by atoms with van der Waals surface area (Å²) in [6.07, 6.45) is -1.03. The molecule has 0 aromatic carbocycles. The second-order valence-electron chi connectivity index (χ2n) is 10.2. The molecule has 212 valence electrons. The van der Waals surface area contributed by atoms with Crippen LogP contribution in [0.2, 0.25) is 31.0 Å². The van der Waals surface area contributed by atoms with E-state index in [0.29, 0.717) is 17.6 Å². The summed E-state index contributed by atoms with van der Waals surface area (Å²) in [5.74, 6) is -1.11. The molecule has 0 amide bonds. The first-order valence-corrected chi connectivity index (χ1v) is 16.4. The van der Waals surface area contributed by atoms with E-state index in [4.69, 9.17) is 21.1 Å². The molecule has 0 saturated carbocycles. The van der Waals surface area contributed by atoms with Crippen molar-refractivity contribution in [2.45, 2.75) is 58.7 Å². The third-order valence-electron chi connectivity index (χ3n) is 5.90. The van der Waals surface area contributed by atoms with Crippen molar-refractivity contribution >= 4 is 30.7 Å². The third kappa shape index (κ3) is 6.60. The third-order valence-corrected chi connectivity index (χ3v) is 7.77. The summed E-state index contributed by atoms with van der Waals surface area (Å²) >= 11 is 6.13. The van der Waals surface area contributed by atoms with Gasteiger partial charge in [0.2, 0.25) is 11.2 Å². The van der Waals surface area contributed by atoms with Gasteiger partial charge in [-0.2, -0.15) is 28.4 Å². The van der Waals surface area contributed by atoms with Crippen LogP contribution in [-0.4, -0.2) is 43.8 Å². The fraction of sp³-hybridized carbons (Fsp3) is 0.400. The van der Waals surface area contributed by atoms with Crippen molar-refractivity contribution in [2.24, 2.45) is 0 Å². The molecular formula is C25H26ClF4N7O2Si.